The predicted molar refractivity (Wildman–Crippen MR) is 97.6 cm³/mol. The monoisotopic (exact) mass is 353 g/mol. The fraction of sp³-hybridized carbons (Fsp3) is 0.368. The number of hydrogen-bond acceptors (Lipinski definition) is 5. The van der Waals surface area contributed by atoms with Crippen LogP contribution in [0.3, 0.4) is 0 Å². The van der Waals surface area contributed by atoms with Crippen molar-refractivity contribution in [3.63, 3.8) is 0 Å². The van der Waals surface area contributed by atoms with Crippen molar-refractivity contribution in [2.45, 2.75) is 40.2 Å². The van der Waals surface area contributed by atoms with E-state index in [4.69, 9.17) is 4.52 Å². The normalized spacial score (nSPS) is 11.1. The third-order valence-electron chi connectivity index (χ3n) is 4.13. The van der Waals surface area contributed by atoms with Crippen LogP contribution in [0.4, 0.5) is 0 Å². The molecule has 1 aromatic carbocycles. The van der Waals surface area contributed by atoms with Crippen LogP contribution in [0.15, 0.2) is 34.9 Å². The van der Waals surface area contributed by atoms with Crippen molar-refractivity contribution in [3.8, 4) is 11.4 Å². The van der Waals surface area contributed by atoms with Crippen LogP contribution in [0, 0.1) is 6.92 Å². The average molecular weight is 353 g/mol. The quantitative estimate of drug-likeness (QED) is 0.732. The molecule has 0 aliphatic carbocycles. The number of benzene rings is 1. The maximum absolute atomic E-state index is 12.9. The van der Waals surface area contributed by atoms with Crippen molar-refractivity contribution in [2.24, 2.45) is 0 Å². The van der Waals surface area contributed by atoms with Crippen molar-refractivity contribution < 1.29 is 9.32 Å². The molecule has 7 heteroatoms. The van der Waals surface area contributed by atoms with Gasteiger partial charge in [-0.15, -0.1) is 0 Å². The molecule has 2 aromatic heterocycles. The molecular weight excluding hydrogens is 330 g/mol. The Balaban J connectivity index is 1.81. The summed E-state index contributed by atoms with van der Waals surface area (Å²) in [6.07, 6.45) is 0. The summed E-state index contributed by atoms with van der Waals surface area (Å²) in [5.41, 5.74) is 2.09. The van der Waals surface area contributed by atoms with E-state index in [0.29, 0.717) is 29.8 Å². The molecule has 3 aromatic rings. The molecule has 0 atom stereocenters. The summed E-state index contributed by atoms with van der Waals surface area (Å²) in [7, 11) is 0. The van der Waals surface area contributed by atoms with Gasteiger partial charge in [0, 0.05) is 23.7 Å². The molecule has 2 heterocycles. The minimum atomic E-state index is -0.160. The molecule has 0 spiro atoms. The number of carbonyl (C=O) groups excluding carboxylic acids is 1. The summed E-state index contributed by atoms with van der Waals surface area (Å²) in [6, 6.07) is 9.73. The molecule has 0 aliphatic heterocycles. The number of nitrogens with one attached hydrogen (secondary N) is 1. The lowest BCUT2D eigenvalue weighted by molar-refractivity contribution is 0.0728. The number of imidazole rings is 1. The van der Waals surface area contributed by atoms with Gasteiger partial charge in [-0.25, -0.2) is 4.98 Å². The van der Waals surface area contributed by atoms with E-state index in [2.05, 4.69) is 20.1 Å². The summed E-state index contributed by atoms with van der Waals surface area (Å²) in [4.78, 5) is 26.6. The maximum atomic E-state index is 12.9. The number of hydrogen-bond donors (Lipinski definition) is 1. The van der Waals surface area contributed by atoms with Gasteiger partial charge in [0.2, 0.25) is 5.89 Å². The Bertz CT molecular complexity index is 882. The summed E-state index contributed by atoms with van der Waals surface area (Å²) in [5, 5.41) is 3.95. The molecule has 26 heavy (non-hydrogen) atoms. The van der Waals surface area contributed by atoms with Crippen LogP contribution in [-0.2, 0) is 6.54 Å². The lowest BCUT2D eigenvalue weighted by Gasteiger charge is -2.17. The molecule has 0 bridgehead atoms. The number of H-pyrrole nitrogens is 1. The van der Waals surface area contributed by atoms with E-state index in [0.717, 1.165) is 11.3 Å². The number of nitrogens with zero attached hydrogens (tertiary/aromatic N) is 4. The zero-order valence-electron chi connectivity index (χ0n) is 15.5. The van der Waals surface area contributed by atoms with Crippen LogP contribution in [0.1, 0.15) is 54.6 Å². The predicted octanol–water partition coefficient (Wildman–Crippen LogP) is 3.55. The lowest BCUT2D eigenvalue weighted by Crippen LogP contribution is -2.31. The Labute approximate surface area is 152 Å². The summed E-state index contributed by atoms with van der Waals surface area (Å²) >= 11 is 0. The van der Waals surface area contributed by atoms with E-state index < -0.39 is 0 Å². The number of carbonyl (C=O) groups is 1. The molecule has 1 amide bonds. The SMILES string of the molecule is CCN(Cc1nc(C(C)C)no1)C(=O)c1nc(-c2ccccc2)[nH]c1C. The molecule has 0 saturated heterocycles. The summed E-state index contributed by atoms with van der Waals surface area (Å²) in [6.45, 7) is 8.54. The summed E-state index contributed by atoms with van der Waals surface area (Å²) in [5.74, 6) is 1.78. The van der Waals surface area contributed by atoms with Gasteiger partial charge in [-0.2, -0.15) is 4.98 Å². The Morgan fingerprint density at radius 2 is 1.96 bits per heavy atom. The van der Waals surface area contributed by atoms with Gasteiger partial charge < -0.3 is 14.4 Å². The van der Waals surface area contributed by atoms with Crippen molar-refractivity contribution in [1.29, 1.82) is 0 Å². The largest absolute Gasteiger partial charge is 0.341 e. The van der Waals surface area contributed by atoms with Gasteiger partial charge in [0.25, 0.3) is 5.91 Å². The molecule has 0 fully saturated rings. The molecule has 0 unspecified atom stereocenters. The van der Waals surface area contributed by atoms with Gasteiger partial charge >= 0.3 is 0 Å². The zero-order chi connectivity index (χ0) is 18.7. The Morgan fingerprint density at radius 3 is 2.58 bits per heavy atom. The third-order valence-corrected chi connectivity index (χ3v) is 4.13. The fourth-order valence-electron chi connectivity index (χ4n) is 2.61. The van der Waals surface area contributed by atoms with Crippen LogP contribution in [-0.4, -0.2) is 37.5 Å². The first-order valence-electron chi connectivity index (χ1n) is 8.73. The highest BCUT2D eigenvalue weighted by molar-refractivity contribution is 5.94. The second kappa shape index (κ2) is 7.51. The van der Waals surface area contributed by atoms with Crippen molar-refractivity contribution in [3.05, 3.63) is 53.4 Å². The highest BCUT2D eigenvalue weighted by Crippen LogP contribution is 2.19. The highest BCUT2D eigenvalue weighted by atomic mass is 16.5. The van der Waals surface area contributed by atoms with E-state index in [1.807, 2.05) is 58.0 Å². The zero-order valence-corrected chi connectivity index (χ0v) is 15.5. The fourth-order valence-corrected chi connectivity index (χ4v) is 2.61. The van der Waals surface area contributed by atoms with Crippen molar-refractivity contribution in [1.82, 2.24) is 25.0 Å². The smallest absolute Gasteiger partial charge is 0.274 e. The first kappa shape index (κ1) is 17.8. The molecule has 0 saturated carbocycles. The second-order valence-electron chi connectivity index (χ2n) is 6.45. The van der Waals surface area contributed by atoms with E-state index in [-0.39, 0.29) is 18.4 Å². The molecule has 136 valence electrons. The van der Waals surface area contributed by atoms with Gasteiger partial charge in [-0.05, 0) is 13.8 Å². The first-order chi connectivity index (χ1) is 12.5. The molecular formula is C19H23N5O2. The van der Waals surface area contributed by atoms with Crippen LogP contribution in [0.5, 0.6) is 0 Å². The summed E-state index contributed by atoms with van der Waals surface area (Å²) < 4.78 is 5.27. The van der Waals surface area contributed by atoms with Crippen LogP contribution >= 0.6 is 0 Å². The standard InChI is InChI=1S/C19H23N5O2/c1-5-24(11-15-21-17(12(2)3)23-26-15)19(25)16-13(4)20-18(22-16)14-9-7-6-8-10-14/h6-10,12H,5,11H2,1-4H3,(H,20,22). The second-order valence-corrected chi connectivity index (χ2v) is 6.45. The minimum absolute atomic E-state index is 0.160. The minimum Gasteiger partial charge on any atom is -0.341 e. The van der Waals surface area contributed by atoms with Gasteiger partial charge in [-0.3, -0.25) is 4.79 Å². The van der Waals surface area contributed by atoms with E-state index in [9.17, 15) is 4.79 Å². The Kier molecular flexibility index (Phi) is 5.16. The van der Waals surface area contributed by atoms with Gasteiger partial charge in [0.1, 0.15) is 18.1 Å². The molecule has 0 radical (unpaired) electrons. The van der Waals surface area contributed by atoms with E-state index in [1.165, 1.54) is 0 Å². The first-order valence-corrected chi connectivity index (χ1v) is 8.73. The number of amides is 1. The van der Waals surface area contributed by atoms with Crippen LogP contribution in [0.2, 0.25) is 0 Å². The number of aromatic nitrogens is 4. The van der Waals surface area contributed by atoms with Crippen LogP contribution < -0.4 is 0 Å². The van der Waals surface area contributed by atoms with Crippen molar-refractivity contribution in [2.75, 3.05) is 6.54 Å². The van der Waals surface area contributed by atoms with Gasteiger partial charge in [-0.1, -0.05) is 49.3 Å². The lowest BCUT2D eigenvalue weighted by atomic mass is 10.2. The highest BCUT2D eigenvalue weighted by Gasteiger charge is 2.23. The third kappa shape index (κ3) is 3.66. The van der Waals surface area contributed by atoms with E-state index in [1.54, 1.807) is 4.90 Å². The van der Waals surface area contributed by atoms with Gasteiger partial charge in [0.15, 0.2) is 5.82 Å². The molecule has 0 aliphatic rings. The maximum Gasteiger partial charge on any atom is 0.274 e. The number of aryl methyl sites for hydroxylation is 1. The topological polar surface area (TPSA) is 87.9 Å². The number of aromatic amines is 1. The molecule has 3 rings (SSSR count). The number of rotatable bonds is 6. The van der Waals surface area contributed by atoms with Crippen LogP contribution in [0.25, 0.3) is 11.4 Å². The molecule has 7 nitrogen and oxygen atoms in total. The molecule has 1 N–H and O–H groups in total. The van der Waals surface area contributed by atoms with E-state index >= 15 is 0 Å². The Morgan fingerprint density at radius 1 is 1.23 bits per heavy atom. The Hall–Kier alpha value is -2.96. The van der Waals surface area contributed by atoms with Gasteiger partial charge in [0.05, 0.1) is 0 Å². The average Bonchev–Trinajstić information content (AvgIpc) is 3.26. The van der Waals surface area contributed by atoms with Crippen molar-refractivity contribution >= 4 is 5.91 Å².